The van der Waals surface area contributed by atoms with E-state index >= 15 is 0 Å². The molecule has 0 amide bonds. The molecule has 100 valence electrons. The lowest BCUT2D eigenvalue weighted by Gasteiger charge is -2.09. The first-order valence-corrected chi connectivity index (χ1v) is 6.58. The highest BCUT2D eigenvalue weighted by Gasteiger charge is 2.39. The largest absolute Gasteiger partial charge is 0.496 e. The first-order valence-electron chi connectivity index (χ1n) is 6.20. The van der Waals surface area contributed by atoms with Crippen LogP contribution in [0.15, 0.2) is 22.7 Å². The molecule has 2 atom stereocenters. The first kappa shape index (κ1) is 12.4. The van der Waals surface area contributed by atoms with Gasteiger partial charge in [-0.05, 0) is 30.5 Å². The van der Waals surface area contributed by atoms with Gasteiger partial charge in [0, 0.05) is 16.5 Å². The van der Waals surface area contributed by atoms with Gasteiger partial charge in [0.05, 0.1) is 18.4 Å². The average molecular weight is 279 g/mol. The summed E-state index contributed by atoms with van der Waals surface area (Å²) in [6, 6.07) is 5.44. The number of nitrogens with zero attached hydrogens (tertiary/aromatic N) is 1. The standard InChI is InChI=1S/C14H15ClN2O2/c1-7-5-9(7)13-12(14(16)19-17-13)10-6-8(15)3-4-11(10)18-2/h3-4,6-7,9H,5,16H2,1-2H3. The van der Waals surface area contributed by atoms with Crippen molar-refractivity contribution in [1.82, 2.24) is 5.16 Å². The molecule has 4 nitrogen and oxygen atoms in total. The maximum atomic E-state index is 6.07. The summed E-state index contributed by atoms with van der Waals surface area (Å²) in [5.41, 5.74) is 8.49. The van der Waals surface area contributed by atoms with Crippen molar-refractivity contribution in [1.29, 1.82) is 0 Å². The highest BCUT2D eigenvalue weighted by atomic mass is 35.5. The summed E-state index contributed by atoms with van der Waals surface area (Å²) in [7, 11) is 1.62. The Morgan fingerprint density at radius 1 is 1.47 bits per heavy atom. The van der Waals surface area contributed by atoms with Gasteiger partial charge in [-0.15, -0.1) is 0 Å². The van der Waals surface area contributed by atoms with Crippen molar-refractivity contribution in [3.63, 3.8) is 0 Å². The molecule has 19 heavy (non-hydrogen) atoms. The van der Waals surface area contributed by atoms with Crippen LogP contribution in [-0.4, -0.2) is 12.3 Å². The van der Waals surface area contributed by atoms with Crippen molar-refractivity contribution < 1.29 is 9.26 Å². The zero-order valence-electron chi connectivity index (χ0n) is 10.8. The molecule has 5 heteroatoms. The van der Waals surface area contributed by atoms with Crippen LogP contribution in [0.1, 0.15) is 25.0 Å². The van der Waals surface area contributed by atoms with Crippen LogP contribution >= 0.6 is 11.6 Å². The molecule has 1 aromatic heterocycles. The number of rotatable bonds is 3. The van der Waals surface area contributed by atoms with Crippen molar-refractivity contribution in [2.45, 2.75) is 19.3 Å². The Kier molecular flexibility index (Phi) is 2.90. The van der Waals surface area contributed by atoms with E-state index in [9.17, 15) is 0 Å². The number of hydrogen-bond donors (Lipinski definition) is 1. The summed E-state index contributed by atoms with van der Waals surface area (Å²) in [6.07, 6.45) is 1.11. The third-order valence-corrected chi connectivity index (χ3v) is 3.87. The monoisotopic (exact) mass is 278 g/mol. The molecule has 0 spiro atoms. The molecule has 0 bridgehead atoms. The van der Waals surface area contributed by atoms with Gasteiger partial charge in [-0.25, -0.2) is 0 Å². The lowest BCUT2D eigenvalue weighted by atomic mass is 10.0. The highest BCUT2D eigenvalue weighted by Crippen LogP contribution is 2.51. The second-order valence-corrected chi connectivity index (χ2v) is 5.41. The van der Waals surface area contributed by atoms with Crippen LogP contribution < -0.4 is 10.5 Å². The number of methoxy groups -OCH3 is 1. The van der Waals surface area contributed by atoms with Crippen molar-refractivity contribution in [2.24, 2.45) is 5.92 Å². The van der Waals surface area contributed by atoms with Gasteiger partial charge in [-0.2, -0.15) is 0 Å². The van der Waals surface area contributed by atoms with E-state index in [1.807, 2.05) is 12.1 Å². The number of aromatic nitrogens is 1. The van der Waals surface area contributed by atoms with Crippen LogP contribution in [0, 0.1) is 5.92 Å². The van der Waals surface area contributed by atoms with Crippen LogP contribution in [0.25, 0.3) is 11.1 Å². The Labute approximate surface area is 116 Å². The average Bonchev–Trinajstić information content (AvgIpc) is 2.98. The first-order chi connectivity index (χ1) is 9.11. The van der Waals surface area contributed by atoms with Crippen molar-refractivity contribution in [3.05, 3.63) is 28.9 Å². The van der Waals surface area contributed by atoms with Gasteiger partial charge in [0.2, 0.25) is 5.88 Å². The number of benzene rings is 1. The van der Waals surface area contributed by atoms with Crippen molar-refractivity contribution in [2.75, 3.05) is 12.8 Å². The minimum Gasteiger partial charge on any atom is -0.496 e. The van der Waals surface area contributed by atoms with Gasteiger partial charge >= 0.3 is 0 Å². The number of nitrogens with two attached hydrogens (primary N) is 1. The molecular weight excluding hydrogens is 264 g/mol. The third-order valence-electron chi connectivity index (χ3n) is 3.64. The normalized spacial score (nSPS) is 21.4. The molecule has 3 rings (SSSR count). The molecule has 0 saturated heterocycles. The zero-order valence-corrected chi connectivity index (χ0v) is 11.6. The molecule has 2 unspecified atom stereocenters. The van der Waals surface area contributed by atoms with E-state index in [2.05, 4.69) is 12.1 Å². The molecule has 2 N–H and O–H groups in total. The summed E-state index contributed by atoms with van der Waals surface area (Å²) < 4.78 is 10.5. The van der Waals surface area contributed by atoms with Crippen LogP contribution in [0.4, 0.5) is 5.88 Å². The molecule has 1 heterocycles. The maximum Gasteiger partial charge on any atom is 0.230 e. The SMILES string of the molecule is COc1ccc(Cl)cc1-c1c(C2CC2C)noc1N. The predicted molar refractivity (Wildman–Crippen MR) is 74.4 cm³/mol. The van der Waals surface area contributed by atoms with E-state index < -0.39 is 0 Å². The zero-order chi connectivity index (χ0) is 13.6. The molecule has 2 aromatic rings. The van der Waals surface area contributed by atoms with E-state index in [1.165, 1.54) is 0 Å². The molecule has 1 aromatic carbocycles. The minimum absolute atomic E-state index is 0.315. The summed E-state index contributed by atoms with van der Waals surface area (Å²) in [5, 5.41) is 4.74. The Hall–Kier alpha value is -1.68. The third kappa shape index (κ3) is 2.06. The molecule has 1 aliphatic rings. The van der Waals surface area contributed by atoms with E-state index in [-0.39, 0.29) is 0 Å². The molecule has 0 radical (unpaired) electrons. The van der Waals surface area contributed by atoms with E-state index in [1.54, 1.807) is 13.2 Å². The van der Waals surface area contributed by atoms with Gasteiger partial charge in [0.25, 0.3) is 0 Å². The molecule has 1 aliphatic carbocycles. The number of hydrogen-bond acceptors (Lipinski definition) is 4. The summed E-state index contributed by atoms with van der Waals surface area (Å²) in [4.78, 5) is 0. The van der Waals surface area contributed by atoms with Crippen molar-refractivity contribution in [3.8, 4) is 16.9 Å². The fourth-order valence-electron chi connectivity index (χ4n) is 2.42. The van der Waals surface area contributed by atoms with E-state index in [4.69, 9.17) is 26.6 Å². The number of ether oxygens (including phenoxy) is 1. The van der Waals surface area contributed by atoms with Gasteiger partial charge in [0.15, 0.2) is 0 Å². The van der Waals surface area contributed by atoms with Crippen molar-refractivity contribution >= 4 is 17.5 Å². The van der Waals surface area contributed by atoms with Crippen LogP contribution in [0.2, 0.25) is 5.02 Å². The maximum absolute atomic E-state index is 6.07. The van der Waals surface area contributed by atoms with Gasteiger partial charge < -0.3 is 15.0 Å². The smallest absolute Gasteiger partial charge is 0.230 e. The van der Waals surface area contributed by atoms with Crippen LogP contribution in [0.5, 0.6) is 5.75 Å². The Bertz CT molecular complexity index is 624. The molecule has 0 aliphatic heterocycles. The van der Waals surface area contributed by atoms with Gasteiger partial charge in [0.1, 0.15) is 5.75 Å². The molecule has 1 fully saturated rings. The Balaban J connectivity index is 2.16. The lowest BCUT2D eigenvalue weighted by molar-refractivity contribution is 0.416. The van der Waals surface area contributed by atoms with Crippen LogP contribution in [-0.2, 0) is 0 Å². The summed E-state index contributed by atoms with van der Waals surface area (Å²) >= 11 is 6.07. The number of halogens is 1. The van der Waals surface area contributed by atoms with E-state index in [0.717, 1.165) is 23.2 Å². The number of anilines is 1. The second-order valence-electron chi connectivity index (χ2n) is 4.97. The fourth-order valence-corrected chi connectivity index (χ4v) is 2.59. The minimum atomic E-state index is 0.315. The lowest BCUT2D eigenvalue weighted by Crippen LogP contribution is -1.94. The quantitative estimate of drug-likeness (QED) is 0.930. The summed E-state index contributed by atoms with van der Waals surface area (Å²) in [6.45, 7) is 2.19. The fraction of sp³-hybridized carbons (Fsp3) is 0.357. The van der Waals surface area contributed by atoms with Gasteiger partial charge in [-0.1, -0.05) is 23.7 Å². The Morgan fingerprint density at radius 2 is 2.21 bits per heavy atom. The predicted octanol–water partition coefficient (Wildman–Crippen LogP) is 3.71. The Morgan fingerprint density at radius 3 is 2.84 bits per heavy atom. The summed E-state index contributed by atoms with van der Waals surface area (Å²) in [5.74, 6) is 2.07. The van der Waals surface area contributed by atoms with Crippen LogP contribution in [0.3, 0.4) is 0 Å². The topological polar surface area (TPSA) is 61.3 Å². The second kappa shape index (κ2) is 4.46. The molecule has 1 saturated carbocycles. The number of nitrogen functional groups attached to an aromatic ring is 1. The highest BCUT2D eigenvalue weighted by molar-refractivity contribution is 6.31. The van der Waals surface area contributed by atoms with E-state index in [0.29, 0.717) is 28.5 Å². The van der Waals surface area contributed by atoms with Gasteiger partial charge in [-0.3, -0.25) is 0 Å². The molecular formula is C14H15ClN2O2.